The largest absolute Gasteiger partial charge is 0.508 e. The molecule has 5 atom stereocenters. The van der Waals surface area contributed by atoms with Crippen molar-refractivity contribution >= 4 is 46.3 Å². The van der Waals surface area contributed by atoms with Gasteiger partial charge in [0.15, 0.2) is 0 Å². The molecule has 3 rings (SSSR count). The summed E-state index contributed by atoms with van der Waals surface area (Å²) in [6.45, 7) is 30.0. The van der Waals surface area contributed by atoms with Crippen LogP contribution >= 0.6 is 0 Å². The predicted octanol–water partition coefficient (Wildman–Crippen LogP) is 10.7. The van der Waals surface area contributed by atoms with Gasteiger partial charge in [-0.25, -0.2) is 0 Å². The van der Waals surface area contributed by atoms with Crippen LogP contribution in [0.25, 0.3) is 0 Å². The quantitative estimate of drug-likeness (QED) is 0.0844. The number of hydrogen-bond donors (Lipinski definition) is 5. The van der Waals surface area contributed by atoms with E-state index in [1.807, 2.05) is 109 Å². The Morgan fingerprint density at radius 3 is 1.03 bits per heavy atom. The van der Waals surface area contributed by atoms with Crippen LogP contribution in [0.5, 0.6) is 5.75 Å². The Morgan fingerprint density at radius 1 is 0.472 bits per heavy atom. The Labute approximate surface area is 437 Å². The van der Waals surface area contributed by atoms with Gasteiger partial charge in [-0.05, 0) is 122 Å². The minimum Gasteiger partial charge on any atom is -0.508 e. The van der Waals surface area contributed by atoms with E-state index in [0.717, 1.165) is 36.0 Å². The molecule has 13 heteroatoms. The van der Waals surface area contributed by atoms with Gasteiger partial charge in [-0.15, -0.1) is 0 Å². The maximum atomic E-state index is 10.9. The highest BCUT2D eigenvalue weighted by molar-refractivity contribution is 5.83. The van der Waals surface area contributed by atoms with Gasteiger partial charge in [0.05, 0.1) is 24.2 Å². The summed E-state index contributed by atoms with van der Waals surface area (Å²) in [4.78, 5) is 83.6. The summed E-state index contributed by atoms with van der Waals surface area (Å²) in [6.07, 6.45) is 4.34. The smallest absolute Gasteiger partial charge is 0.146 e. The summed E-state index contributed by atoms with van der Waals surface area (Å²) in [5, 5.41) is 9.00. The molecule has 9 N–H and O–H groups in total. The fourth-order valence-corrected chi connectivity index (χ4v) is 4.51. The van der Waals surface area contributed by atoms with Gasteiger partial charge in [-0.3, -0.25) is 28.8 Å². The van der Waals surface area contributed by atoms with Crippen molar-refractivity contribution in [1.82, 2.24) is 0 Å². The van der Waals surface area contributed by atoms with E-state index in [0.29, 0.717) is 25.2 Å². The summed E-state index contributed by atoms with van der Waals surface area (Å²) in [5.74, 6) is 2.46. The van der Waals surface area contributed by atoms with Gasteiger partial charge in [0.25, 0.3) is 0 Å². The fourth-order valence-electron chi connectivity index (χ4n) is 4.51. The average Bonchev–Trinajstić information content (AvgIpc) is 3.28. The second kappa shape index (κ2) is 49.2. The summed E-state index contributed by atoms with van der Waals surface area (Å²) in [7, 11) is 0. The van der Waals surface area contributed by atoms with Crippen LogP contribution in [0.2, 0.25) is 0 Å². The van der Waals surface area contributed by atoms with Crippen LogP contribution < -0.4 is 22.9 Å². The number of phenols is 1. The third kappa shape index (κ3) is 54.0. The first-order valence-corrected chi connectivity index (χ1v) is 24.2. The Hall–Kier alpha value is -5.34. The molecule has 0 aliphatic carbocycles. The lowest BCUT2D eigenvalue weighted by Crippen LogP contribution is -2.33. The summed E-state index contributed by atoms with van der Waals surface area (Å²) >= 11 is 0. The zero-order valence-corrected chi connectivity index (χ0v) is 46.0. The molecule has 5 unspecified atom stereocenters. The van der Waals surface area contributed by atoms with Crippen LogP contribution in [0, 0.1) is 17.8 Å². The lowest BCUT2D eigenvalue weighted by molar-refractivity contribution is -0.120. The number of benzene rings is 3. The number of carbonyl (C=O) groups is 8. The van der Waals surface area contributed by atoms with Crippen LogP contribution in [0.15, 0.2) is 84.9 Å². The first-order valence-electron chi connectivity index (χ1n) is 24.2. The number of aromatic hydroxyl groups is 1. The summed E-state index contributed by atoms with van der Waals surface area (Å²) < 4.78 is 0. The number of ketones is 8. The Balaban J connectivity index is -0.000000136. The number of carbonyl (C=O) groups excluding carboxylic acids is 8. The van der Waals surface area contributed by atoms with E-state index in [2.05, 4.69) is 13.8 Å². The number of Topliss-reactive ketones (excluding diaryl/α,β-unsaturated/α-hetero) is 8. The molecule has 0 aliphatic heterocycles. The van der Waals surface area contributed by atoms with Gasteiger partial charge < -0.3 is 37.6 Å². The molecule has 72 heavy (non-hydrogen) atoms. The van der Waals surface area contributed by atoms with E-state index in [-0.39, 0.29) is 103 Å². The van der Waals surface area contributed by atoms with E-state index >= 15 is 0 Å². The molecule has 0 saturated heterocycles. The van der Waals surface area contributed by atoms with Crippen molar-refractivity contribution in [2.45, 2.75) is 201 Å². The fraction of sp³-hybridized carbons (Fsp3) is 0.559. The highest BCUT2D eigenvalue weighted by Gasteiger charge is 2.12. The van der Waals surface area contributed by atoms with E-state index < -0.39 is 6.04 Å². The van der Waals surface area contributed by atoms with Crippen LogP contribution in [0.4, 0.5) is 0 Å². The topological polar surface area (TPSA) is 261 Å². The Morgan fingerprint density at radius 2 is 0.819 bits per heavy atom. The van der Waals surface area contributed by atoms with E-state index in [9.17, 15) is 38.4 Å². The molecule has 0 radical (unpaired) electrons. The maximum Gasteiger partial charge on any atom is 0.146 e. The van der Waals surface area contributed by atoms with E-state index in [4.69, 9.17) is 28.0 Å². The number of phenolic OH excluding ortho intramolecular Hbond substituents is 1. The van der Waals surface area contributed by atoms with Crippen molar-refractivity contribution in [2.24, 2.45) is 40.7 Å². The van der Waals surface area contributed by atoms with Crippen LogP contribution in [-0.4, -0.2) is 75.5 Å². The van der Waals surface area contributed by atoms with Gasteiger partial charge >= 0.3 is 0 Å². The third-order valence-electron chi connectivity index (χ3n) is 9.99. The molecule has 3 aromatic rings. The number of hydrogen-bond acceptors (Lipinski definition) is 13. The normalized spacial score (nSPS) is 11.6. The van der Waals surface area contributed by atoms with Gasteiger partial charge in [-0.2, -0.15) is 0 Å². The second-order valence-corrected chi connectivity index (χ2v) is 18.2. The van der Waals surface area contributed by atoms with Crippen molar-refractivity contribution in [3.63, 3.8) is 0 Å². The number of nitrogens with two attached hydrogens (primary N) is 4. The predicted molar refractivity (Wildman–Crippen MR) is 302 cm³/mol. The van der Waals surface area contributed by atoms with Gasteiger partial charge in [0.1, 0.15) is 52.0 Å². The van der Waals surface area contributed by atoms with Crippen molar-refractivity contribution in [2.75, 3.05) is 0 Å². The van der Waals surface area contributed by atoms with Crippen LogP contribution in [0.1, 0.15) is 181 Å². The summed E-state index contributed by atoms with van der Waals surface area (Å²) in [5.41, 5.74) is 25.2. The SMILES string of the molecule is C.C.CC(=O)C(C)C.CC(=O)C(C)c1ccccc1.CC(=O)C(N)C(C)C.CC(=O)C(N)CC(C)C.CC(=O)C(N)Cc1ccc(O)cc1.CC(=O)C(N)Cc1ccccc1.CCC(C)=O.CCCC(C)=O. The molecule has 0 heterocycles. The van der Waals surface area contributed by atoms with E-state index in [1.165, 1.54) is 27.7 Å². The third-order valence-corrected chi connectivity index (χ3v) is 9.99. The highest BCUT2D eigenvalue weighted by atomic mass is 16.3. The molecular weight excluding hydrogens is 909 g/mol. The Kier molecular flexibility index (Phi) is 55.2. The van der Waals surface area contributed by atoms with E-state index in [1.54, 1.807) is 52.0 Å². The number of rotatable bonds is 17. The molecule has 0 spiro atoms. The summed E-state index contributed by atoms with van der Waals surface area (Å²) in [6, 6.07) is 25.0. The standard InChI is InChI=1S/C10H13NO2.C10H13NO.C10H12O.C7H15NO.C6H13NO.2C5H10O.C4H8O.2CH4/c1-7(12)10(11)6-8-2-4-9(13)5-3-8;1-8(12)10(11)7-9-5-3-2-4-6-9;1-8(9(2)11)10-6-4-3-5-7-10;1-5(2)4-7(8)6(3)9;1-4(2)6(7)5(3)8;1-4(2)5(3)6;1-3-4-5(2)6;1-3-4(2)5;;/h2-5,10,13H,6,11H2,1H3;2-6,10H,7,11H2,1H3;3-8H,1-2H3;5,7H,4,8H2,1-3H3;4,6H,7H2,1-3H3;4H,1-3H3;3-4H2,1-2H3;3H2,1-2H3;2*1H4. The van der Waals surface area contributed by atoms with Gasteiger partial charge in [0.2, 0.25) is 0 Å². The molecule has 0 fully saturated rings. The zero-order valence-electron chi connectivity index (χ0n) is 46.0. The highest BCUT2D eigenvalue weighted by Crippen LogP contribution is 2.15. The molecule has 0 saturated carbocycles. The van der Waals surface area contributed by atoms with Crippen molar-refractivity contribution in [3.8, 4) is 5.75 Å². The lowest BCUT2D eigenvalue weighted by atomic mass is 9.98. The van der Waals surface area contributed by atoms with Crippen LogP contribution in [0.3, 0.4) is 0 Å². The lowest BCUT2D eigenvalue weighted by Gasteiger charge is -2.09. The van der Waals surface area contributed by atoms with Gasteiger partial charge in [-0.1, -0.05) is 150 Å². The molecule has 0 amide bonds. The first-order chi connectivity index (χ1) is 32.3. The minimum atomic E-state index is -0.440. The molecule has 0 aliphatic rings. The Bertz CT molecular complexity index is 1880. The van der Waals surface area contributed by atoms with Crippen LogP contribution in [-0.2, 0) is 51.2 Å². The zero-order chi connectivity index (χ0) is 55.7. The molecule has 412 valence electrons. The maximum absolute atomic E-state index is 10.9. The van der Waals surface area contributed by atoms with Crippen molar-refractivity contribution in [1.29, 1.82) is 0 Å². The second-order valence-electron chi connectivity index (χ2n) is 18.2. The minimum absolute atomic E-state index is 0. The first kappa shape index (κ1) is 80.7. The molecule has 0 aromatic heterocycles. The van der Waals surface area contributed by atoms with Crippen molar-refractivity contribution in [3.05, 3.63) is 102 Å². The monoisotopic (exact) mass is 1010 g/mol. The molecule has 0 bridgehead atoms. The molecule has 3 aromatic carbocycles. The average molecular weight is 1010 g/mol. The van der Waals surface area contributed by atoms with Crippen molar-refractivity contribution < 1.29 is 43.5 Å². The van der Waals surface area contributed by atoms with Gasteiger partial charge in [0, 0.05) is 24.7 Å². The molecule has 13 nitrogen and oxygen atoms in total. The molecular formula is C59H102N4O9.